The van der Waals surface area contributed by atoms with E-state index in [9.17, 15) is 9.59 Å². The van der Waals surface area contributed by atoms with E-state index < -0.39 is 0 Å². The van der Waals surface area contributed by atoms with Gasteiger partial charge in [-0.3, -0.25) is 9.59 Å². The van der Waals surface area contributed by atoms with E-state index >= 15 is 0 Å². The van der Waals surface area contributed by atoms with Crippen LogP contribution in [0.1, 0.15) is 51.3 Å². The van der Waals surface area contributed by atoms with Crippen LogP contribution in [0.4, 0.5) is 0 Å². The Morgan fingerprint density at radius 2 is 1.96 bits per heavy atom. The summed E-state index contributed by atoms with van der Waals surface area (Å²) in [7, 11) is 0. The predicted molar refractivity (Wildman–Crippen MR) is 99.5 cm³/mol. The normalized spacial score (nSPS) is 19.8. The number of nitrogens with zero attached hydrogens (tertiary/aromatic N) is 3. The zero-order valence-electron chi connectivity index (χ0n) is 15.8. The molecule has 0 bridgehead atoms. The fourth-order valence-corrected chi connectivity index (χ4v) is 4.62. The van der Waals surface area contributed by atoms with Crippen LogP contribution in [-0.2, 0) is 16.0 Å². The largest absolute Gasteiger partial charge is 0.342 e. The molecule has 2 saturated heterocycles. The molecular formula is C19H29N3O2S. The topological polar surface area (TPSA) is 53.5 Å². The number of aryl methyl sites for hydroxylation is 1. The average molecular weight is 364 g/mol. The molecule has 0 atom stereocenters. The lowest BCUT2D eigenvalue weighted by Gasteiger charge is -2.55. The molecule has 1 aromatic heterocycles. The van der Waals surface area contributed by atoms with Gasteiger partial charge in [-0.1, -0.05) is 20.8 Å². The molecule has 3 heterocycles. The van der Waals surface area contributed by atoms with Crippen molar-refractivity contribution in [2.24, 2.45) is 10.8 Å². The number of likely N-dealkylation sites (tertiary alicyclic amines) is 2. The molecule has 0 saturated carbocycles. The molecule has 0 unspecified atom stereocenters. The number of piperidine rings is 1. The Morgan fingerprint density at radius 1 is 1.28 bits per heavy atom. The summed E-state index contributed by atoms with van der Waals surface area (Å²) in [6, 6.07) is 0. The highest BCUT2D eigenvalue weighted by Crippen LogP contribution is 2.40. The van der Waals surface area contributed by atoms with Crippen LogP contribution in [0.3, 0.4) is 0 Å². The molecule has 6 heteroatoms. The van der Waals surface area contributed by atoms with Gasteiger partial charge in [0.1, 0.15) is 0 Å². The van der Waals surface area contributed by atoms with Gasteiger partial charge in [0, 0.05) is 42.4 Å². The molecule has 25 heavy (non-hydrogen) atoms. The van der Waals surface area contributed by atoms with Crippen LogP contribution >= 0.6 is 11.5 Å². The van der Waals surface area contributed by atoms with E-state index in [1.54, 1.807) is 0 Å². The maximum atomic E-state index is 12.8. The van der Waals surface area contributed by atoms with E-state index in [0.29, 0.717) is 6.42 Å². The van der Waals surface area contributed by atoms with Gasteiger partial charge in [0.2, 0.25) is 11.8 Å². The Kier molecular flexibility index (Phi) is 4.93. The molecule has 0 N–H and O–H groups in total. The minimum Gasteiger partial charge on any atom is -0.342 e. The summed E-state index contributed by atoms with van der Waals surface area (Å²) < 4.78 is 4.24. The molecule has 0 aromatic carbocycles. The van der Waals surface area contributed by atoms with Crippen molar-refractivity contribution in [3.8, 4) is 0 Å². The van der Waals surface area contributed by atoms with Gasteiger partial charge in [-0.2, -0.15) is 4.37 Å². The Morgan fingerprint density at radius 3 is 2.56 bits per heavy atom. The van der Waals surface area contributed by atoms with Crippen LogP contribution in [0, 0.1) is 17.8 Å². The second-order valence-corrected chi connectivity index (χ2v) is 9.05. The van der Waals surface area contributed by atoms with Crippen LogP contribution in [0.25, 0.3) is 0 Å². The monoisotopic (exact) mass is 363 g/mol. The van der Waals surface area contributed by atoms with Gasteiger partial charge in [-0.15, -0.1) is 0 Å². The second kappa shape index (κ2) is 6.71. The molecular weight excluding hydrogens is 334 g/mol. The van der Waals surface area contributed by atoms with Crippen LogP contribution in [0.15, 0.2) is 5.38 Å². The third kappa shape index (κ3) is 3.59. The van der Waals surface area contributed by atoms with E-state index in [0.717, 1.165) is 56.7 Å². The van der Waals surface area contributed by atoms with Gasteiger partial charge in [0.05, 0.1) is 12.1 Å². The number of carbonyl (C=O) groups is 2. The van der Waals surface area contributed by atoms with Gasteiger partial charge in [-0.25, -0.2) is 0 Å². The molecule has 1 spiro atoms. The van der Waals surface area contributed by atoms with E-state index in [1.807, 2.05) is 36.0 Å². The van der Waals surface area contributed by atoms with Gasteiger partial charge in [0.25, 0.3) is 0 Å². The van der Waals surface area contributed by atoms with E-state index in [-0.39, 0.29) is 22.6 Å². The van der Waals surface area contributed by atoms with Crippen LogP contribution in [0.5, 0.6) is 0 Å². The van der Waals surface area contributed by atoms with Gasteiger partial charge in [0.15, 0.2) is 0 Å². The molecule has 1 aromatic rings. The Labute approximate surface area is 154 Å². The number of rotatable bonds is 4. The summed E-state index contributed by atoms with van der Waals surface area (Å²) in [5.41, 5.74) is 1.84. The van der Waals surface area contributed by atoms with Gasteiger partial charge in [-0.05, 0) is 43.3 Å². The highest BCUT2D eigenvalue weighted by molar-refractivity contribution is 7.03. The van der Waals surface area contributed by atoms with Crippen molar-refractivity contribution in [3.63, 3.8) is 0 Å². The summed E-state index contributed by atoms with van der Waals surface area (Å²) in [6.07, 6.45) is 3.46. The zero-order valence-corrected chi connectivity index (χ0v) is 16.6. The summed E-state index contributed by atoms with van der Waals surface area (Å²) in [5, 5.41) is 1.97. The summed E-state index contributed by atoms with van der Waals surface area (Å²) >= 11 is 1.41. The third-order valence-corrected chi connectivity index (χ3v) is 6.78. The Balaban J connectivity index is 1.57. The quantitative estimate of drug-likeness (QED) is 0.826. The predicted octanol–water partition coefficient (Wildman–Crippen LogP) is 2.88. The smallest absolute Gasteiger partial charge is 0.228 e. The fraction of sp³-hybridized carbons (Fsp3) is 0.737. The van der Waals surface area contributed by atoms with Crippen molar-refractivity contribution < 1.29 is 9.59 Å². The standard InChI is InChI=1S/C19H29N3O2S/c1-5-18(3,4)17(24)21-8-6-7-19(11-21)12-22(13-19)16(23)9-15-10-25-20-14(15)2/h10H,5-9,11-13H2,1-4H3. The average Bonchev–Trinajstić information content (AvgIpc) is 2.96. The van der Waals surface area contributed by atoms with Gasteiger partial charge < -0.3 is 9.80 Å². The van der Waals surface area contributed by atoms with Crippen molar-refractivity contribution in [1.29, 1.82) is 0 Å². The SMILES string of the molecule is CCC(C)(C)C(=O)N1CCCC2(CN(C(=O)Cc3csnc3C)C2)C1. The number of amides is 2. The maximum absolute atomic E-state index is 12.8. The van der Waals surface area contributed by atoms with Crippen molar-refractivity contribution in [1.82, 2.24) is 14.2 Å². The summed E-state index contributed by atoms with van der Waals surface area (Å²) in [6.45, 7) is 11.3. The first-order valence-corrected chi connectivity index (χ1v) is 10.1. The highest BCUT2D eigenvalue weighted by atomic mass is 32.1. The van der Waals surface area contributed by atoms with Gasteiger partial charge >= 0.3 is 0 Å². The molecule has 5 nitrogen and oxygen atoms in total. The molecule has 2 amide bonds. The first-order chi connectivity index (χ1) is 11.8. The lowest BCUT2D eigenvalue weighted by molar-refractivity contribution is -0.155. The van der Waals surface area contributed by atoms with Crippen LogP contribution in [0.2, 0.25) is 0 Å². The lowest BCUT2D eigenvalue weighted by atomic mass is 9.72. The van der Waals surface area contributed by atoms with Crippen molar-refractivity contribution in [3.05, 3.63) is 16.6 Å². The molecule has 2 fully saturated rings. The molecule has 138 valence electrons. The fourth-order valence-electron chi connectivity index (χ4n) is 3.92. The minimum absolute atomic E-state index is 0.120. The third-order valence-electron chi connectivity index (χ3n) is 6.01. The minimum atomic E-state index is -0.290. The first-order valence-electron chi connectivity index (χ1n) is 9.23. The van der Waals surface area contributed by atoms with Crippen molar-refractivity contribution >= 4 is 23.3 Å². The van der Waals surface area contributed by atoms with Crippen LogP contribution < -0.4 is 0 Å². The van der Waals surface area contributed by atoms with E-state index in [2.05, 4.69) is 11.3 Å². The number of aromatic nitrogens is 1. The summed E-state index contributed by atoms with van der Waals surface area (Å²) in [5.74, 6) is 0.449. The zero-order chi connectivity index (χ0) is 18.2. The Hall–Kier alpha value is -1.43. The van der Waals surface area contributed by atoms with Crippen molar-refractivity contribution in [2.45, 2.75) is 53.4 Å². The molecule has 3 rings (SSSR count). The number of hydrogen-bond donors (Lipinski definition) is 0. The van der Waals surface area contributed by atoms with E-state index in [4.69, 9.17) is 0 Å². The second-order valence-electron chi connectivity index (χ2n) is 8.42. The molecule has 2 aliphatic rings. The highest BCUT2D eigenvalue weighted by Gasteiger charge is 2.49. The molecule has 2 aliphatic heterocycles. The van der Waals surface area contributed by atoms with Crippen LogP contribution in [-0.4, -0.2) is 52.2 Å². The summed E-state index contributed by atoms with van der Waals surface area (Å²) in [4.78, 5) is 29.3. The number of hydrogen-bond acceptors (Lipinski definition) is 4. The molecule has 0 aliphatic carbocycles. The van der Waals surface area contributed by atoms with Crippen molar-refractivity contribution in [2.75, 3.05) is 26.2 Å². The first kappa shape index (κ1) is 18.4. The number of carbonyl (C=O) groups excluding carboxylic acids is 2. The maximum Gasteiger partial charge on any atom is 0.228 e. The van der Waals surface area contributed by atoms with E-state index in [1.165, 1.54) is 11.5 Å². The lowest BCUT2D eigenvalue weighted by Crippen LogP contribution is -2.65. The Bertz CT molecular complexity index is 661. The molecule has 0 radical (unpaired) electrons.